The molecule has 2 rings (SSSR count). The summed E-state index contributed by atoms with van der Waals surface area (Å²) < 4.78 is 5.74. The van der Waals surface area contributed by atoms with Gasteiger partial charge in [0.05, 0.1) is 0 Å². The number of carbonyl (C=O) groups excluding carboxylic acids is 1. The predicted octanol–water partition coefficient (Wildman–Crippen LogP) is 4.12. The van der Waals surface area contributed by atoms with Gasteiger partial charge in [-0.05, 0) is 43.9 Å². The molecule has 2 aliphatic rings. The average Bonchev–Trinajstić information content (AvgIpc) is 2.40. The van der Waals surface area contributed by atoms with Gasteiger partial charge in [0, 0.05) is 13.0 Å². The molecule has 0 aliphatic heterocycles. The molecule has 2 nitrogen and oxygen atoms in total. The van der Waals surface area contributed by atoms with E-state index in [4.69, 9.17) is 4.74 Å². The topological polar surface area (TPSA) is 26.3 Å². The zero-order valence-electron chi connectivity index (χ0n) is 12.3. The molecule has 0 unspecified atom stereocenters. The number of hydrogen-bond donors (Lipinski definition) is 0. The molecule has 0 atom stereocenters. The number of rotatable bonds is 3. The van der Waals surface area contributed by atoms with Crippen LogP contribution in [0.1, 0.15) is 71.6 Å². The number of hydrogen-bond acceptors (Lipinski definition) is 2. The highest BCUT2D eigenvalue weighted by atomic mass is 16.5. The molecule has 18 heavy (non-hydrogen) atoms. The van der Waals surface area contributed by atoms with Crippen LogP contribution < -0.4 is 0 Å². The maximum atomic E-state index is 12.8. The lowest BCUT2D eigenvalue weighted by Crippen LogP contribution is -2.48. The molecule has 0 heterocycles. The number of methoxy groups -OCH3 is 1. The Morgan fingerprint density at radius 1 is 1.00 bits per heavy atom. The third-order valence-electron chi connectivity index (χ3n) is 5.23. The summed E-state index contributed by atoms with van der Waals surface area (Å²) in [4.78, 5) is 12.8. The van der Waals surface area contributed by atoms with Crippen LogP contribution in [0.3, 0.4) is 0 Å². The van der Waals surface area contributed by atoms with Gasteiger partial charge in [-0.2, -0.15) is 0 Å². The molecule has 0 aromatic heterocycles. The smallest absolute Gasteiger partial charge is 0.167 e. The highest BCUT2D eigenvalue weighted by Crippen LogP contribution is 2.44. The van der Waals surface area contributed by atoms with Crippen molar-refractivity contribution in [1.29, 1.82) is 0 Å². The Hall–Kier alpha value is -0.370. The summed E-state index contributed by atoms with van der Waals surface area (Å²) in [5.74, 6) is 0.695. The summed E-state index contributed by atoms with van der Waals surface area (Å²) >= 11 is 0. The third-order valence-corrected chi connectivity index (χ3v) is 5.23. The van der Waals surface area contributed by atoms with E-state index < -0.39 is 5.60 Å². The lowest BCUT2D eigenvalue weighted by molar-refractivity contribution is -0.153. The van der Waals surface area contributed by atoms with Crippen molar-refractivity contribution >= 4 is 5.78 Å². The van der Waals surface area contributed by atoms with Crippen LogP contribution in [-0.2, 0) is 9.53 Å². The van der Waals surface area contributed by atoms with Crippen LogP contribution in [-0.4, -0.2) is 18.5 Å². The summed E-state index contributed by atoms with van der Waals surface area (Å²) in [5.41, 5.74) is -0.0631. The highest BCUT2D eigenvalue weighted by molar-refractivity contribution is 5.89. The first-order valence-electron chi connectivity index (χ1n) is 7.59. The van der Waals surface area contributed by atoms with Crippen molar-refractivity contribution in [3.05, 3.63) is 0 Å². The SMILES string of the molecule is COC1(C(=O)C2CCCCC2)CCC(C)(C)CC1. The van der Waals surface area contributed by atoms with Crippen molar-refractivity contribution in [1.82, 2.24) is 0 Å². The van der Waals surface area contributed by atoms with Crippen LogP contribution in [0.15, 0.2) is 0 Å². The van der Waals surface area contributed by atoms with E-state index in [1.165, 1.54) is 19.3 Å². The van der Waals surface area contributed by atoms with Gasteiger partial charge in [-0.15, -0.1) is 0 Å². The van der Waals surface area contributed by atoms with Crippen molar-refractivity contribution < 1.29 is 9.53 Å². The van der Waals surface area contributed by atoms with Gasteiger partial charge in [0.15, 0.2) is 5.78 Å². The maximum Gasteiger partial charge on any atom is 0.167 e. The van der Waals surface area contributed by atoms with Gasteiger partial charge >= 0.3 is 0 Å². The van der Waals surface area contributed by atoms with Crippen molar-refractivity contribution in [2.24, 2.45) is 11.3 Å². The molecule has 0 saturated heterocycles. The molecular formula is C16H28O2. The standard InChI is InChI=1S/C16H28O2/c1-15(2)9-11-16(18-3,12-10-15)14(17)13-7-5-4-6-8-13/h13H,4-12H2,1-3H3. The van der Waals surface area contributed by atoms with Crippen LogP contribution in [0.25, 0.3) is 0 Å². The fourth-order valence-electron chi connectivity index (χ4n) is 3.62. The second-order valence-corrected chi connectivity index (χ2v) is 7.06. The van der Waals surface area contributed by atoms with E-state index in [-0.39, 0.29) is 5.92 Å². The molecule has 0 N–H and O–H groups in total. The lowest BCUT2D eigenvalue weighted by Gasteiger charge is -2.43. The molecule has 2 saturated carbocycles. The molecule has 0 bridgehead atoms. The summed E-state index contributed by atoms with van der Waals surface area (Å²) in [7, 11) is 1.74. The van der Waals surface area contributed by atoms with E-state index in [2.05, 4.69) is 13.8 Å². The van der Waals surface area contributed by atoms with Crippen LogP contribution >= 0.6 is 0 Å². The van der Waals surface area contributed by atoms with Crippen LogP contribution in [0.4, 0.5) is 0 Å². The van der Waals surface area contributed by atoms with Gasteiger partial charge in [-0.25, -0.2) is 0 Å². The van der Waals surface area contributed by atoms with Gasteiger partial charge in [0.2, 0.25) is 0 Å². The first-order chi connectivity index (χ1) is 8.49. The number of Topliss-reactive ketones (excluding diaryl/α,β-unsaturated/α-hetero) is 1. The van der Waals surface area contributed by atoms with Gasteiger partial charge in [-0.3, -0.25) is 4.79 Å². The van der Waals surface area contributed by atoms with Gasteiger partial charge in [0.1, 0.15) is 5.60 Å². The fourth-order valence-corrected chi connectivity index (χ4v) is 3.62. The molecule has 0 spiro atoms. The highest BCUT2D eigenvalue weighted by Gasteiger charge is 2.46. The van der Waals surface area contributed by atoms with E-state index >= 15 is 0 Å². The Bertz CT molecular complexity index is 290. The van der Waals surface area contributed by atoms with Crippen LogP contribution in [0.2, 0.25) is 0 Å². The van der Waals surface area contributed by atoms with E-state index in [1.54, 1.807) is 7.11 Å². The second-order valence-electron chi connectivity index (χ2n) is 7.06. The quantitative estimate of drug-likeness (QED) is 0.755. The van der Waals surface area contributed by atoms with Crippen LogP contribution in [0, 0.1) is 11.3 Å². The minimum Gasteiger partial charge on any atom is -0.370 e. The Morgan fingerprint density at radius 3 is 2.06 bits per heavy atom. The van der Waals surface area contributed by atoms with E-state index in [1.807, 2.05) is 0 Å². The van der Waals surface area contributed by atoms with E-state index in [0.29, 0.717) is 11.2 Å². The van der Waals surface area contributed by atoms with Gasteiger partial charge in [-0.1, -0.05) is 33.1 Å². The number of ketones is 1. The molecule has 2 fully saturated rings. The zero-order valence-corrected chi connectivity index (χ0v) is 12.3. The molecule has 2 heteroatoms. The molecular weight excluding hydrogens is 224 g/mol. The lowest BCUT2D eigenvalue weighted by atomic mass is 9.66. The molecule has 2 aliphatic carbocycles. The fraction of sp³-hybridized carbons (Fsp3) is 0.938. The second kappa shape index (κ2) is 5.32. The average molecular weight is 252 g/mol. The van der Waals surface area contributed by atoms with E-state index in [0.717, 1.165) is 38.5 Å². The summed E-state index contributed by atoms with van der Waals surface area (Å²) in [6.07, 6.45) is 10.00. The summed E-state index contributed by atoms with van der Waals surface area (Å²) in [6.45, 7) is 4.61. The summed E-state index contributed by atoms with van der Waals surface area (Å²) in [5, 5.41) is 0. The number of carbonyl (C=O) groups is 1. The minimum absolute atomic E-state index is 0.278. The van der Waals surface area contributed by atoms with Crippen molar-refractivity contribution in [3.63, 3.8) is 0 Å². The molecule has 0 radical (unpaired) electrons. The molecule has 0 aromatic carbocycles. The Balaban J connectivity index is 2.05. The molecule has 0 aromatic rings. The summed E-state index contributed by atoms with van der Waals surface area (Å²) in [6, 6.07) is 0. The zero-order chi connectivity index (χ0) is 13.2. The molecule has 104 valence electrons. The Morgan fingerprint density at radius 2 is 1.56 bits per heavy atom. The van der Waals surface area contributed by atoms with Crippen molar-refractivity contribution in [3.8, 4) is 0 Å². The largest absolute Gasteiger partial charge is 0.370 e. The maximum absolute atomic E-state index is 12.8. The van der Waals surface area contributed by atoms with Crippen LogP contribution in [0.5, 0.6) is 0 Å². The normalized spacial score (nSPS) is 27.9. The van der Waals surface area contributed by atoms with E-state index in [9.17, 15) is 4.79 Å². The van der Waals surface area contributed by atoms with Crippen molar-refractivity contribution in [2.75, 3.05) is 7.11 Å². The monoisotopic (exact) mass is 252 g/mol. The van der Waals surface area contributed by atoms with Gasteiger partial charge < -0.3 is 4.74 Å². The van der Waals surface area contributed by atoms with Gasteiger partial charge in [0.25, 0.3) is 0 Å². The Labute approximate surface area is 111 Å². The van der Waals surface area contributed by atoms with Crippen molar-refractivity contribution in [2.45, 2.75) is 77.2 Å². The predicted molar refractivity (Wildman–Crippen MR) is 73.6 cm³/mol. The number of ether oxygens (including phenoxy) is 1. The Kier molecular flexibility index (Phi) is 4.15. The molecule has 0 amide bonds. The first kappa shape index (κ1) is 14.0. The minimum atomic E-state index is -0.447. The third kappa shape index (κ3) is 2.79. The first-order valence-corrected chi connectivity index (χ1v) is 7.59.